The Hall–Kier alpha value is -1.10. The van der Waals surface area contributed by atoms with Crippen LogP contribution in [0.1, 0.15) is 51.9 Å². The smallest absolute Gasteiger partial charge is 0.304 e. The zero-order chi connectivity index (χ0) is 15.4. The third-order valence-electron chi connectivity index (χ3n) is 4.94. The Kier molecular flexibility index (Phi) is 5.62. The van der Waals surface area contributed by atoms with Crippen LogP contribution in [0, 0.1) is 5.92 Å². The van der Waals surface area contributed by atoms with Crippen molar-refractivity contribution in [1.29, 1.82) is 0 Å². The molecule has 0 aromatic heterocycles. The van der Waals surface area contributed by atoms with Crippen LogP contribution in [0.25, 0.3) is 0 Å². The summed E-state index contributed by atoms with van der Waals surface area (Å²) < 4.78 is 0. The van der Waals surface area contributed by atoms with Gasteiger partial charge in [-0.3, -0.25) is 14.5 Å². The molecular formula is C16H28N2O3. The van der Waals surface area contributed by atoms with Crippen LogP contribution >= 0.6 is 0 Å². The van der Waals surface area contributed by atoms with Crippen LogP contribution < -0.4 is 0 Å². The molecule has 0 aliphatic heterocycles. The van der Waals surface area contributed by atoms with E-state index in [4.69, 9.17) is 5.11 Å². The number of carboxylic acid groups (broad SMARTS) is 1. The Balaban J connectivity index is 1.81. The van der Waals surface area contributed by atoms with Crippen LogP contribution in [0.4, 0.5) is 0 Å². The van der Waals surface area contributed by atoms with Gasteiger partial charge in [-0.2, -0.15) is 0 Å². The fourth-order valence-electron chi connectivity index (χ4n) is 3.19. The lowest BCUT2D eigenvalue weighted by atomic mass is 9.87. The average molecular weight is 296 g/mol. The first-order chi connectivity index (χ1) is 9.97. The van der Waals surface area contributed by atoms with E-state index in [1.807, 2.05) is 11.9 Å². The minimum Gasteiger partial charge on any atom is -0.481 e. The van der Waals surface area contributed by atoms with E-state index in [-0.39, 0.29) is 12.3 Å². The van der Waals surface area contributed by atoms with Gasteiger partial charge in [0.25, 0.3) is 0 Å². The van der Waals surface area contributed by atoms with Crippen molar-refractivity contribution in [2.24, 2.45) is 5.92 Å². The molecule has 0 aromatic carbocycles. The van der Waals surface area contributed by atoms with E-state index < -0.39 is 5.97 Å². The van der Waals surface area contributed by atoms with E-state index >= 15 is 0 Å². The number of hydrogen-bond acceptors (Lipinski definition) is 3. The lowest BCUT2D eigenvalue weighted by Crippen LogP contribution is -2.45. The van der Waals surface area contributed by atoms with Crippen molar-refractivity contribution >= 4 is 11.9 Å². The molecule has 0 heterocycles. The average Bonchev–Trinajstić information content (AvgIpc) is 3.27. The quantitative estimate of drug-likeness (QED) is 0.780. The maximum atomic E-state index is 12.4. The highest BCUT2D eigenvalue weighted by atomic mass is 16.4. The Morgan fingerprint density at radius 1 is 1.05 bits per heavy atom. The molecular weight excluding hydrogens is 268 g/mol. The van der Waals surface area contributed by atoms with Crippen molar-refractivity contribution < 1.29 is 14.7 Å². The monoisotopic (exact) mass is 296 g/mol. The molecule has 0 radical (unpaired) electrons. The van der Waals surface area contributed by atoms with Crippen molar-refractivity contribution in [1.82, 2.24) is 9.80 Å². The molecule has 0 atom stereocenters. The topological polar surface area (TPSA) is 60.9 Å². The van der Waals surface area contributed by atoms with Gasteiger partial charge in [-0.15, -0.1) is 0 Å². The summed E-state index contributed by atoms with van der Waals surface area (Å²) in [6, 6.07) is 0.794. The van der Waals surface area contributed by atoms with Gasteiger partial charge in [-0.05, 0) is 44.4 Å². The van der Waals surface area contributed by atoms with Gasteiger partial charge in [-0.1, -0.05) is 6.92 Å². The largest absolute Gasteiger partial charge is 0.481 e. The first-order valence-corrected chi connectivity index (χ1v) is 8.19. The van der Waals surface area contributed by atoms with Crippen molar-refractivity contribution in [3.05, 3.63) is 0 Å². The SMILES string of the molecule is CC1CCC(N(C)C(=O)CN(CCC(=O)O)C2CC2)CC1. The van der Waals surface area contributed by atoms with E-state index in [0.717, 1.165) is 31.6 Å². The van der Waals surface area contributed by atoms with Crippen molar-refractivity contribution in [2.45, 2.75) is 64.0 Å². The van der Waals surface area contributed by atoms with Crippen molar-refractivity contribution in [3.8, 4) is 0 Å². The van der Waals surface area contributed by atoms with Gasteiger partial charge in [0.15, 0.2) is 0 Å². The molecule has 0 aromatic rings. The summed E-state index contributed by atoms with van der Waals surface area (Å²) in [4.78, 5) is 27.1. The van der Waals surface area contributed by atoms with E-state index in [0.29, 0.717) is 25.2 Å². The molecule has 1 amide bonds. The van der Waals surface area contributed by atoms with Crippen molar-refractivity contribution in [3.63, 3.8) is 0 Å². The van der Waals surface area contributed by atoms with Gasteiger partial charge in [0.2, 0.25) is 5.91 Å². The first kappa shape index (κ1) is 16.3. The molecule has 0 bridgehead atoms. The Morgan fingerprint density at radius 2 is 1.62 bits per heavy atom. The number of hydrogen-bond donors (Lipinski definition) is 1. The third kappa shape index (κ3) is 4.99. The normalized spacial score (nSPS) is 25.9. The lowest BCUT2D eigenvalue weighted by Gasteiger charge is -2.35. The predicted molar refractivity (Wildman–Crippen MR) is 81.0 cm³/mol. The number of amides is 1. The summed E-state index contributed by atoms with van der Waals surface area (Å²) in [6.45, 7) is 3.14. The standard InChI is InChI=1S/C16H28N2O3/c1-12-3-5-13(6-4-12)17(2)15(19)11-18(14-7-8-14)10-9-16(20)21/h12-14H,3-11H2,1-2H3,(H,20,21). The number of aliphatic carboxylic acids is 1. The summed E-state index contributed by atoms with van der Waals surface area (Å²) in [6.07, 6.45) is 6.91. The molecule has 2 rings (SSSR count). The predicted octanol–water partition coefficient (Wildman–Crippen LogP) is 1.96. The maximum absolute atomic E-state index is 12.4. The number of carbonyl (C=O) groups excluding carboxylic acids is 1. The van der Waals surface area contributed by atoms with E-state index in [1.54, 1.807) is 0 Å². The van der Waals surface area contributed by atoms with Crippen LogP contribution in [0.3, 0.4) is 0 Å². The molecule has 120 valence electrons. The van der Waals surface area contributed by atoms with Crippen molar-refractivity contribution in [2.75, 3.05) is 20.1 Å². The zero-order valence-electron chi connectivity index (χ0n) is 13.3. The second-order valence-electron chi connectivity index (χ2n) is 6.76. The fraction of sp³-hybridized carbons (Fsp3) is 0.875. The molecule has 0 saturated heterocycles. The number of carbonyl (C=O) groups is 2. The Bertz CT molecular complexity index is 374. The molecule has 1 N–H and O–H groups in total. The zero-order valence-corrected chi connectivity index (χ0v) is 13.3. The molecule has 2 fully saturated rings. The fourth-order valence-corrected chi connectivity index (χ4v) is 3.19. The summed E-state index contributed by atoms with van der Waals surface area (Å²) >= 11 is 0. The van der Waals surface area contributed by atoms with E-state index in [2.05, 4.69) is 11.8 Å². The first-order valence-electron chi connectivity index (χ1n) is 8.19. The number of nitrogens with zero attached hydrogens (tertiary/aromatic N) is 2. The molecule has 2 aliphatic rings. The molecule has 2 saturated carbocycles. The van der Waals surface area contributed by atoms with Gasteiger partial charge >= 0.3 is 5.97 Å². The highest BCUT2D eigenvalue weighted by Gasteiger charge is 2.32. The van der Waals surface area contributed by atoms with E-state index in [9.17, 15) is 9.59 Å². The molecule has 0 spiro atoms. The van der Waals surface area contributed by atoms with Gasteiger partial charge in [0.05, 0.1) is 13.0 Å². The lowest BCUT2D eigenvalue weighted by molar-refractivity contribution is -0.139. The van der Waals surface area contributed by atoms with Gasteiger partial charge in [-0.25, -0.2) is 0 Å². The van der Waals surface area contributed by atoms with Gasteiger partial charge in [0.1, 0.15) is 0 Å². The van der Waals surface area contributed by atoms with Crippen LogP contribution in [0.2, 0.25) is 0 Å². The minimum absolute atomic E-state index is 0.119. The van der Waals surface area contributed by atoms with Crippen LogP contribution in [-0.2, 0) is 9.59 Å². The Morgan fingerprint density at radius 3 is 2.14 bits per heavy atom. The summed E-state index contributed by atoms with van der Waals surface area (Å²) in [7, 11) is 1.91. The third-order valence-corrected chi connectivity index (χ3v) is 4.94. The molecule has 21 heavy (non-hydrogen) atoms. The van der Waals surface area contributed by atoms with Gasteiger partial charge in [0, 0.05) is 25.7 Å². The summed E-state index contributed by atoms with van der Waals surface area (Å²) in [5.74, 6) is 0.137. The molecule has 2 aliphatic carbocycles. The van der Waals surface area contributed by atoms with Gasteiger partial charge < -0.3 is 10.0 Å². The second-order valence-corrected chi connectivity index (χ2v) is 6.76. The van der Waals surface area contributed by atoms with Crippen LogP contribution in [0.5, 0.6) is 0 Å². The molecule has 5 nitrogen and oxygen atoms in total. The van der Waals surface area contributed by atoms with Crippen LogP contribution in [0.15, 0.2) is 0 Å². The molecule has 0 unspecified atom stereocenters. The summed E-state index contributed by atoms with van der Waals surface area (Å²) in [5.41, 5.74) is 0. The second kappa shape index (κ2) is 7.25. The number of rotatable bonds is 7. The number of likely N-dealkylation sites (N-methyl/N-ethyl adjacent to an activating group) is 1. The number of carboxylic acids is 1. The Labute approximate surface area is 127 Å². The molecule has 5 heteroatoms. The highest BCUT2D eigenvalue weighted by Crippen LogP contribution is 2.28. The summed E-state index contributed by atoms with van der Waals surface area (Å²) in [5, 5.41) is 8.81. The van der Waals surface area contributed by atoms with E-state index in [1.165, 1.54) is 12.8 Å². The minimum atomic E-state index is -0.789. The maximum Gasteiger partial charge on any atom is 0.304 e. The highest BCUT2D eigenvalue weighted by molar-refractivity contribution is 5.78. The van der Waals surface area contributed by atoms with Crippen LogP contribution in [-0.4, -0.2) is 59.0 Å².